The van der Waals surface area contributed by atoms with Gasteiger partial charge >= 0.3 is 0 Å². The average Bonchev–Trinajstić information content (AvgIpc) is 2.77. The highest BCUT2D eigenvalue weighted by atomic mass is 15.3. The van der Waals surface area contributed by atoms with E-state index in [9.17, 15) is 0 Å². The second-order valence-corrected chi connectivity index (χ2v) is 4.06. The van der Waals surface area contributed by atoms with Crippen LogP contribution < -0.4 is 5.73 Å². The van der Waals surface area contributed by atoms with Gasteiger partial charge in [-0.2, -0.15) is 5.10 Å². The van der Waals surface area contributed by atoms with Crippen LogP contribution in [0.25, 0.3) is 11.3 Å². The standard InChI is InChI=1S/C13H17N3/c1-10-5-3-4-6-12(10)13-7-8-15-16(13)11(2)9-14/h3-8,11H,9,14H2,1-2H3. The van der Waals surface area contributed by atoms with Crippen molar-refractivity contribution in [2.75, 3.05) is 6.54 Å². The summed E-state index contributed by atoms with van der Waals surface area (Å²) in [7, 11) is 0. The molecule has 1 atom stereocenters. The number of benzene rings is 1. The number of rotatable bonds is 3. The van der Waals surface area contributed by atoms with Crippen LogP contribution in [0.15, 0.2) is 36.5 Å². The van der Waals surface area contributed by atoms with E-state index in [0.717, 1.165) is 5.69 Å². The first-order valence-electron chi connectivity index (χ1n) is 5.53. The summed E-state index contributed by atoms with van der Waals surface area (Å²) >= 11 is 0. The molecule has 0 aliphatic carbocycles. The SMILES string of the molecule is Cc1ccccc1-c1ccnn1C(C)CN. The molecule has 0 aliphatic heterocycles. The highest BCUT2D eigenvalue weighted by Crippen LogP contribution is 2.24. The Kier molecular flexibility index (Phi) is 3.06. The average molecular weight is 215 g/mol. The molecule has 0 spiro atoms. The molecule has 1 heterocycles. The minimum Gasteiger partial charge on any atom is -0.328 e. The Labute approximate surface area is 95.9 Å². The molecule has 84 valence electrons. The number of hydrogen-bond donors (Lipinski definition) is 1. The van der Waals surface area contributed by atoms with Crippen LogP contribution in [-0.4, -0.2) is 16.3 Å². The maximum atomic E-state index is 5.69. The third kappa shape index (κ3) is 1.86. The molecule has 1 aromatic heterocycles. The fourth-order valence-electron chi connectivity index (χ4n) is 1.84. The van der Waals surface area contributed by atoms with Crippen LogP contribution in [-0.2, 0) is 0 Å². The minimum absolute atomic E-state index is 0.226. The predicted octanol–water partition coefficient (Wildman–Crippen LogP) is 2.38. The second kappa shape index (κ2) is 4.49. The first-order valence-corrected chi connectivity index (χ1v) is 5.53. The van der Waals surface area contributed by atoms with E-state index in [4.69, 9.17) is 5.73 Å². The zero-order valence-corrected chi connectivity index (χ0v) is 9.72. The smallest absolute Gasteiger partial charge is 0.0688 e. The van der Waals surface area contributed by atoms with Gasteiger partial charge in [0.05, 0.1) is 11.7 Å². The van der Waals surface area contributed by atoms with Crippen molar-refractivity contribution in [2.24, 2.45) is 5.73 Å². The van der Waals surface area contributed by atoms with Gasteiger partial charge in [-0.25, -0.2) is 0 Å². The Balaban J connectivity index is 2.49. The van der Waals surface area contributed by atoms with E-state index < -0.39 is 0 Å². The highest BCUT2D eigenvalue weighted by molar-refractivity contribution is 5.63. The summed E-state index contributed by atoms with van der Waals surface area (Å²) in [6.07, 6.45) is 1.83. The van der Waals surface area contributed by atoms with E-state index in [1.54, 1.807) is 0 Å². The Morgan fingerprint density at radius 1 is 1.31 bits per heavy atom. The van der Waals surface area contributed by atoms with Gasteiger partial charge < -0.3 is 5.73 Å². The topological polar surface area (TPSA) is 43.8 Å². The number of hydrogen-bond acceptors (Lipinski definition) is 2. The number of aryl methyl sites for hydroxylation is 1. The molecule has 1 unspecified atom stereocenters. The Morgan fingerprint density at radius 2 is 2.06 bits per heavy atom. The Hall–Kier alpha value is -1.61. The molecule has 0 aliphatic rings. The van der Waals surface area contributed by atoms with Gasteiger partial charge in [-0.15, -0.1) is 0 Å². The maximum absolute atomic E-state index is 5.69. The van der Waals surface area contributed by atoms with E-state index in [0.29, 0.717) is 6.54 Å². The van der Waals surface area contributed by atoms with Gasteiger partial charge in [-0.3, -0.25) is 4.68 Å². The summed E-state index contributed by atoms with van der Waals surface area (Å²) in [4.78, 5) is 0. The molecule has 16 heavy (non-hydrogen) atoms. The van der Waals surface area contributed by atoms with Crippen molar-refractivity contribution in [3.05, 3.63) is 42.1 Å². The summed E-state index contributed by atoms with van der Waals surface area (Å²) in [6.45, 7) is 4.79. The number of nitrogens with zero attached hydrogens (tertiary/aromatic N) is 2. The van der Waals surface area contributed by atoms with Crippen LogP contribution in [0.3, 0.4) is 0 Å². The molecule has 0 amide bonds. The molecule has 1 aromatic carbocycles. The summed E-state index contributed by atoms with van der Waals surface area (Å²) in [5.41, 5.74) is 9.30. The molecular formula is C13H17N3. The summed E-state index contributed by atoms with van der Waals surface area (Å²) in [5, 5.41) is 4.34. The van der Waals surface area contributed by atoms with Crippen molar-refractivity contribution in [3.8, 4) is 11.3 Å². The molecule has 0 saturated heterocycles. The van der Waals surface area contributed by atoms with Crippen molar-refractivity contribution < 1.29 is 0 Å². The lowest BCUT2D eigenvalue weighted by molar-refractivity contribution is 0.506. The van der Waals surface area contributed by atoms with Crippen LogP contribution in [0.2, 0.25) is 0 Å². The first-order chi connectivity index (χ1) is 7.74. The van der Waals surface area contributed by atoms with E-state index >= 15 is 0 Å². The van der Waals surface area contributed by atoms with Gasteiger partial charge in [0.2, 0.25) is 0 Å². The summed E-state index contributed by atoms with van der Waals surface area (Å²) in [6, 6.07) is 10.6. The van der Waals surface area contributed by atoms with Crippen molar-refractivity contribution in [2.45, 2.75) is 19.9 Å². The quantitative estimate of drug-likeness (QED) is 0.854. The zero-order chi connectivity index (χ0) is 11.5. The van der Waals surface area contributed by atoms with Crippen LogP contribution >= 0.6 is 0 Å². The predicted molar refractivity (Wildman–Crippen MR) is 66.2 cm³/mol. The molecule has 3 nitrogen and oxygen atoms in total. The molecule has 2 aromatic rings. The van der Waals surface area contributed by atoms with Gasteiger partial charge in [-0.1, -0.05) is 24.3 Å². The molecule has 2 rings (SSSR count). The summed E-state index contributed by atoms with van der Waals surface area (Å²) < 4.78 is 1.99. The Morgan fingerprint density at radius 3 is 2.75 bits per heavy atom. The van der Waals surface area contributed by atoms with E-state index in [2.05, 4.69) is 31.1 Å². The van der Waals surface area contributed by atoms with Crippen LogP contribution in [0, 0.1) is 6.92 Å². The van der Waals surface area contributed by atoms with E-state index in [1.165, 1.54) is 11.1 Å². The lowest BCUT2D eigenvalue weighted by Crippen LogP contribution is -2.18. The molecule has 0 saturated carbocycles. The first kappa shape index (κ1) is 10.9. The monoisotopic (exact) mass is 215 g/mol. The van der Waals surface area contributed by atoms with Gasteiger partial charge in [0.1, 0.15) is 0 Å². The number of aromatic nitrogens is 2. The highest BCUT2D eigenvalue weighted by Gasteiger charge is 2.11. The van der Waals surface area contributed by atoms with Crippen LogP contribution in [0.1, 0.15) is 18.5 Å². The van der Waals surface area contributed by atoms with Crippen molar-refractivity contribution >= 4 is 0 Å². The fraction of sp³-hybridized carbons (Fsp3) is 0.308. The number of nitrogens with two attached hydrogens (primary N) is 1. The van der Waals surface area contributed by atoms with E-state index in [-0.39, 0.29) is 6.04 Å². The van der Waals surface area contributed by atoms with Gasteiger partial charge in [0.15, 0.2) is 0 Å². The van der Waals surface area contributed by atoms with Crippen molar-refractivity contribution in [3.63, 3.8) is 0 Å². The minimum atomic E-state index is 0.226. The van der Waals surface area contributed by atoms with Crippen LogP contribution in [0.5, 0.6) is 0 Å². The zero-order valence-electron chi connectivity index (χ0n) is 9.72. The molecule has 0 radical (unpaired) electrons. The lowest BCUT2D eigenvalue weighted by atomic mass is 10.1. The van der Waals surface area contributed by atoms with Gasteiger partial charge in [0.25, 0.3) is 0 Å². The van der Waals surface area contributed by atoms with Gasteiger partial charge in [0, 0.05) is 18.3 Å². The van der Waals surface area contributed by atoms with Crippen LogP contribution in [0.4, 0.5) is 0 Å². The third-order valence-electron chi connectivity index (χ3n) is 2.85. The molecule has 2 N–H and O–H groups in total. The normalized spacial score (nSPS) is 12.7. The van der Waals surface area contributed by atoms with E-state index in [1.807, 2.05) is 29.1 Å². The van der Waals surface area contributed by atoms with Crippen molar-refractivity contribution in [1.82, 2.24) is 9.78 Å². The lowest BCUT2D eigenvalue weighted by Gasteiger charge is -2.14. The Bertz CT molecular complexity index is 474. The second-order valence-electron chi connectivity index (χ2n) is 4.06. The molecule has 0 bridgehead atoms. The molecule has 0 fully saturated rings. The fourth-order valence-corrected chi connectivity index (χ4v) is 1.84. The van der Waals surface area contributed by atoms with Gasteiger partial charge in [-0.05, 0) is 25.5 Å². The largest absolute Gasteiger partial charge is 0.328 e. The molecule has 3 heteroatoms. The maximum Gasteiger partial charge on any atom is 0.0688 e. The van der Waals surface area contributed by atoms with Crippen molar-refractivity contribution in [1.29, 1.82) is 0 Å². The third-order valence-corrected chi connectivity index (χ3v) is 2.85. The summed E-state index contributed by atoms with van der Waals surface area (Å²) in [5.74, 6) is 0. The molecular weight excluding hydrogens is 198 g/mol.